The van der Waals surface area contributed by atoms with Crippen LogP contribution in [0.25, 0.3) is 0 Å². The van der Waals surface area contributed by atoms with Gasteiger partial charge < -0.3 is 19.7 Å². The number of aryl methyl sites for hydroxylation is 1. The molecule has 23 heavy (non-hydrogen) atoms. The third kappa shape index (κ3) is 4.71. The summed E-state index contributed by atoms with van der Waals surface area (Å²) < 4.78 is 10.5. The SMILES string of the molecule is COc1ccc(NC(=O)C[NH+](C)Cc2sccc2C)c(OC)c1. The first-order chi connectivity index (χ1) is 11.0. The molecule has 1 atom stereocenters. The van der Waals surface area contributed by atoms with E-state index in [0.717, 1.165) is 11.4 Å². The van der Waals surface area contributed by atoms with Crippen LogP contribution in [0.15, 0.2) is 29.6 Å². The van der Waals surface area contributed by atoms with Gasteiger partial charge in [-0.05, 0) is 36.1 Å². The topological polar surface area (TPSA) is 52.0 Å². The van der Waals surface area contributed by atoms with Crippen molar-refractivity contribution in [2.45, 2.75) is 13.5 Å². The van der Waals surface area contributed by atoms with Crippen LogP contribution >= 0.6 is 11.3 Å². The fraction of sp³-hybridized carbons (Fsp3) is 0.353. The van der Waals surface area contributed by atoms with Crippen LogP contribution in [0.4, 0.5) is 5.69 Å². The van der Waals surface area contributed by atoms with Crippen LogP contribution in [0, 0.1) is 6.92 Å². The molecule has 0 aliphatic rings. The molecular weight excluding hydrogens is 312 g/mol. The number of amides is 1. The fourth-order valence-corrected chi connectivity index (χ4v) is 3.31. The van der Waals surface area contributed by atoms with Crippen LogP contribution in [-0.4, -0.2) is 33.7 Å². The Hall–Kier alpha value is -2.05. The van der Waals surface area contributed by atoms with E-state index in [1.54, 1.807) is 43.8 Å². The van der Waals surface area contributed by atoms with Crippen molar-refractivity contribution in [3.63, 3.8) is 0 Å². The molecule has 1 amide bonds. The van der Waals surface area contributed by atoms with E-state index < -0.39 is 0 Å². The summed E-state index contributed by atoms with van der Waals surface area (Å²) in [6.07, 6.45) is 0. The van der Waals surface area contributed by atoms with Gasteiger partial charge in [0.25, 0.3) is 5.91 Å². The molecule has 6 heteroatoms. The van der Waals surface area contributed by atoms with E-state index in [2.05, 4.69) is 23.7 Å². The Balaban J connectivity index is 1.95. The monoisotopic (exact) mass is 335 g/mol. The Morgan fingerprint density at radius 3 is 2.65 bits per heavy atom. The Morgan fingerprint density at radius 1 is 1.26 bits per heavy atom. The number of methoxy groups -OCH3 is 2. The quantitative estimate of drug-likeness (QED) is 0.810. The van der Waals surface area contributed by atoms with Crippen molar-refractivity contribution in [2.75, 3.05) is 33.1 Å². The number of likely N-dealkylation sites (N-methyl/N-ethyl adjacent to an activating group) is 1. The highest BCUT2D eigenvalue weighted by atomic mass is 32.1. The minimum absolute atomic E-state index is 0.0415. The van der Waals surface area contributed by atoms with E-state index in [-0.39, 0.29) is 5.91 Å². The maximum absolute atomic E-state index is 12.2. The van der Waals surface area contributed by atoms with Gasteiger partial charge in [0.15, 0.2) is 6.54 Å². The smallest absolute Gasteiger partial charge is 0.279 e. The Labute approximate surface area is 140 Å². The maximum atomic E-state index is 12.2. The van der Waals surface area contributed by atoms with E-state index in [1.165, 1.54) is 10.4 Å². The molecule has 0 saturated carbocycles. The first-order valence-electron chi connectivity index (χ1n) is 7.39. The van der Waals surface area contributed by atoms with Gasteiger partial charge in [-0.25, -0.2) is 0 Å². The van der Waals surface area contributed by atoms with E-state index in [4.69, 9.17) is 9.47 Å². The van der Waals surface area contributed by atoms with Crippen LogP contribution < -0.4 is 19.7 Å². The van der Waals surface area contributed by atoms with Gasteiger partial charge in [-0.15, -0.1) is 11.3 Å². The number of thiophene rings is 1. The summed E-state index contributed by atoms with van der Waals surface area (Å²) in [5, 5.41) is 4.98. The zero-order valence-corrected chi connectivity index (χ0v) is 14.8. The highest BCUT2D eigenvalue weighted by Gasteiger charge is 2.14. The predicted octanol–water partition coefficient (Wildman–Crippen LogP) is 1.73. The molecule has 2 aromatic rings. The fourth-order valence-electron chi connectivity index (χ4n) is 2.29. The number of quaternary nitrogens is 1. The normalized spacial score (nSPS) is 11.8. The number of carbonyl (C=O) groups excluding carboxylic acids is 1. The Bertz CT molecular complexity index is 670. The summed E-state index contributed by atoms with van der Waals surface area (Å²) in [5.74, 6) is 1.24. The third-order valence-corrected chi connectivity index (χ3v) is 4.60. The molecule has 0 saturated heterocycles. The molecule has 0 aliphatic heterocycles. The molecule has 0 spiro atoms. The molecule has 1 aromatic carbocycles. The molecule has 2 N–H and O–H groups in total. The largest absolute Gasteiger partial charge is 0.497 e. The van der Waals surface area contributed by atoms with Crippen molar-refractivity contribution in [3.05, 3.63) is 40.1 Å². The van der Waals surface area contributed by atoms with Crippen LogP contribution in [0.3, 0.4) is 0 Å². The van der Waals surface area contributed by atoms with Crippen molar-refractivity contribution in [1.82, 2.24) is 0 Å². The van der Waals surface area contributed by atoms with E-state index in [1.807, 2.05) is 7.05 Å². The molecular formula is C17H23N2O3S+. The number of rotatable bonds is 7. The van der Waals surface area contributed by atoms with E-state index >= 15 is 0 Å². The molecule has 0 radical (unpaired) electrons. The summed E-state index contributed by atoms with van der Waals surface area (Å²) >= 11 is 1.73. The Morgan fingerprint density at radius 2 is 2.04 bits per heavy atom. The van der Waals surface area contributed by atoms with Gasteiger partial charge in [0.05, 0.1) is 31.8 Å². The van der Waals surface area contributed by atoms with Crippen LogP contribution in [0.2, 0.25) is 0 Å². The standard InChI is InChI=1S/C17H22N2O3S/c1-12-7-8-23-16(12)10-19(2)11-17(20)18-14-6-5-13(21-3)9-15(14)22-4/h5-9H,10-11H2,1-4H3,(H,18,20)/p+1. The lowest BCUT2D eigenvalue weighted by atomic mass is 10.2. The first-order valence-corrected chi connectivity index (χ1v) is 8.27. The molecule has 0 bridgehead atoms. The summed E-state index contributed by atoms with van der Waals surface area (Å²) in [4.78, 5) is 14.7. The van der Waals surface area contributed by atoms with Crippen molar-refractivity contribution < 1.29 is 19.2 Å². The number of carbonyl (C=O) groups is 1. The minimum Gasteiger partial charge on any atom is -0.497 e. The van der Waals surface area contributed by atoms with Crippen LogP contribution in [-0.2, 0) is 11.3 Å². The summed E-state index contributed by atoms with van der Waals surface area (Å²) in [6, 6.07) is 7.44. The van der Waals surface area contributed by atoms with Gasteiger partial charge in [0.2, 0.25) is 0 Å². The molecule has 124 valence electrons. The molecule has 1 heterocycles. The second kappa shape index (κ2) is 7.99. The van der Waals surface area contributed by atoms with Crippen LogP contribution in [0.5, 0.6) is 11.5 Å². The minimum atomic E-state index is -0.0415. The average Bonchev–Trinajstić information content (AvgIpc) is 2.92. The predicted molar refractivity (Wildman–Crippen MR) is 92.7 cm³/mol. The molecule has 5 nitrogen and oxygen atoms in total. The average molecular weight is 335 g/mol. The number of anilines is 1. The first kappa shape index (κ1) is 17.3. The van der Waals surface area contributed by atoms with Crippen molar-refractivity contribution >= 4 is 22.9 Å². The number of benzene rings is 1. The van der Waals surface area contributed by atoms with Crippen molar-refractivity contribution in [3.8, 4) is 11.5 Å². The molecule has 0 fully saturated rings. The highest BCUT2D eigenvalue weighted by molar-refractivity contribution is 7.10. The van der Waals surface area contributed by atoms with Gasteiger partial charge in [-0.2, -0.15) is 0 Å². The highest BCUT2D eigenvalue weighted by Crippen LogP contribution is 2.28. The molecule has 0 aliphatic carbocycles. The Kier molecular flexibility index (Phi) is 6.01. The third-order valence-electron chi connectivity index (χ3n) is 3.58. The lowest BCUT2D eigenvalue weighted by molar-refractivity contribution is -0.884. The summed E-state index contributed by atoms with van der Waals surface area (Å²) in [7, 11) is 5.18. The number of ether oxygens (including phenoxy) is 2. The van der Waals surface area contributed by atoms with E-state index in [9.17, 15) is 4.79 Å². The summed E-state index contributed by atoms with van der Waals surface area (Å²) in [6.45, 7) is 3.34. The lowest BCUT2D eigenvalue weighted by Crippen LogP contribution is -3.08. The van der Waals surface area contributed by atoms with Gasteiger partial charge in [-0.3, -0.25) is 4.79 Å². The zero-order valence-electron chi connectivity index (χ0n) is 13.9. The summed E-state index contributed by atoms with van der Waals surface area (Å²) in [5.41, 5.74) is 1.94. The van der Waals surface area contributed by atoms with Gasteiger partial charge in [0, 0.05) is 6.07 Å². The second-order valence-corrected chi connectivity index (χ2v) is 6.45. The number of nitrogens with one attached hydrogen (secondary N) is 2. The van der Waals surface area contributed by atoms with Crippen molar-refractivity contribution in [2.24, 2.45) is 0 Å². The van der Waals surface area contributed by atoms with Crippen molar-refractivity contribution in [1.29, 1.82) is 0 Å². The maximum Gasteiger partial charge on any atom is 0.279 e. The molecule has 2 rings (SSSR count). The van der Waals surface area contributed by atoms with Gasteiger partial charge >= 0.3 is 0 Å². The second-order valence-electron chi connectivity index (χ2n) is 5.45. The van der Waals surface area contributed by atoms with Gasteiger partial charge in [-0.1, -0.05) is 0 Å². The zero-order chi connectivity index (χ0) is 16.8. The van der Waals surface area contributed by atoms with Gasteiger partial charge in [0.1, 0.15) is 18.0 Å². The lowest BCUT2D eigenvalue weighted by Gasteiger charge is -2.15. The van der Waals surface area contributed by atoms with E-state index in [0.29, 0.717) is 23.7 Å². The number of hydrogen-bond donors (Lipinski definition) is 2. The molecule has 1 unspecified atom stereocenters. The van der Waals surface area contributed by atoms with Crippen LogP contribution in [0.1, 0.15) is 10.4 Å². The number of hydrogen-bond acceptors (Lipinski definition) is 4. The molecule has 1 aromatic heterocycles.